The molecule has 22 heavy (non-hydrogen) atoms. The van der Waals surface area contributed by atoms with Gasteiger partial charge in [0.25, 0.3) is 5.91 Å². The first kappa shape index (κ1) is 16.0. The maximum atomic E-state index is 11.9. The molecular formula is C15H16N2O4S. The van der Waals surface area contributed by atoms with Crippen LogP contribution in [0.4, 0.5) is 0 Å². The number of aromatic nitrogens is 1. The molecular weight excluding hydrogens is 304 g/mol. The second kappa shape index (κ2) is 7.56. The Morgan fingerprint density at radius 2 is 1.95 bits per heavy atom. The van der Waals surface area contributed by atoms with E-state index in [4.69, 9.17) is 4.74 Å². The molecule has 0 saturated carbocycles. The number of amides is 1. The van der Waals surface area contributed by atoms with Gasteiger partial charge in [-0.05, 0) is 24.3 Å². The molecule has 1 amide bonds. The third-order valence-electron chi connectivity index (χ3n) is 2.92. The fraction of sp³-hybridized carbons (Fsp3) is 0.267. The number of esters is 1. The summed E-state index contributed by atoms with van der Waals surface area (Å²) in [6, 6.07) is 7.45. The molecule has 0 aliphatic rings. The van der Waals surface area contributed by atoms with Crippen molar-refractivity contribution in [1.82, 2.24) is 10.3 Å². The van der Waals surface area contributed by atoms with Crippen LogP contribution in [0.15, 0.2) is 29.6 Å². The number of carbonyl (C=O) groups excluding carboxylic acids is 2. The number of hydrogen-bond acceptors (Lipinski definition) is 6. The molecule has 0 atom stereocenters. The van der Waals surface area contributed by atoms with Crippen LogP contribution in [0.25, 0.3) is 10.6 Å². The van der Waals surface area contributed by atoms with Crippen molar-refractivity contribution in [1.29, 1.82) is 0 Å². The second-order valence-electron chi connectivity index (χ2n) is 4.35. The lowest BCUT2D eigenvalue weighted by Gasteiger charge is -2.02. The zero-order valence-corrected chi connectivity index (χ0v) is 13.1. The Balaban J connectivity index is 1.97. The Kier molecular flexibility index (Phi) is 5.48. The number of nitrogens with zero attached hydrogens (tertiary/aromatic N) is 1. The fourth-order valence-corrected chi connectivity index (χ4v) is 2.52. The van der Waals surface area contributed by atoms with Crippen LogP contribution >= 0.6 is 11.3 Å². The summed E-state index contributed by atoms with van der Waals surface area (Å²) < 4.78 is 9.61. The molecule has 0 aliphatic carbocycles. The standard InChI is InChI=1S/C15H16N2O4S/c1-20-11-5-3-10(4-6-11)15-17-12(9-22-15)14(19)16-8-7-13(18)21-2/h3-6,9H,7-8H2,1-2H3,(H,16,19). The normalized spacial score (nSPS) is 10.1. The quantitative estimate of drug-likeness (QED) is 0.825. The van der Waals surface area contributed by atoms with Crippen LogP contribution in [0.1, 0.15) is 16.9 Å². The summed E-state index contributed by atoms with van der Waals surface area (Å²) in [4.78, 5) is 27.2. The largest absolute Gasteiger partial charge is 0.497 e. The lowest BCUT2D eigenvalue weighted by molar-refractivity contribution is -0.140. The molecule has 116 valence electrons. The number of rotatable bonds is 6. The van der Waals surface area contributed by atoms with Gasteiger partial charge in [-0.2, -0.15) is 0 Å². The van der Waals surface area contributed by atoms with Crippen LogP contribution in [0.2, 0.25) is 0 Å². The number of hydrogen-bond donors (Lipinski definition) is 1. The molecule has 2 aromatic rings. The molecule has 1 N–H and O–H groups in total. The molecule has 0 bridgehead atoms. The first-order chi connectivity index (χ1) is 10.6. The van der Waals surface area contributed by atoms with E-state index in [9.17, 15) is 9.59 Å². The number of ether oxygens (including phenoxy) is 2. The highest BCUT2D eigenvalue weighted by Crippen LogP contribution is 2.25. The Labute approximate surface area is 132 Å². The fourth-order valence-electron chi connectivity index (χ4n) is 1.71. The lowest BCUT2D eigenvalue weighted by atomic mass is 10.2. The monoisotopic (exact) mass is 320 g/mol. The van der Waals surface area contributed by atoms with Gasteiger partial charge in [0.1, 0.15) is 16.5 Å². The molecule has 1 aromatic heterocycles. The number of benzene rings is 1. The van der Waals surface area contributed by atoms with Gasteiger partial charge in [0, 0.05) is 17.5 Å². The highest BCUT2D eigenvalue weighted by Gasteiger charge is 2.12. The molecule has 7 heteroatoms. The number of carbonyl (C=O) groups is 2. The second-order valence-corrected chi connectivity index (χ2v) is 5.21. The summed E-state index contributed by atoms with van der Waals surface area (Å²) in [5.74, 6) is 0.0958. The first-order valence-corrected chi connectivity index (χ1v) is 7.47. The van der Waals surface area contributed by atoms with E-state index < -0.39 is 0 Å². The third kappa shape index (κ3) is 4.05. The van der Waals surface area contributed by atoms with Gasteiger partial charge in [-0.3, -0.25) is 9.59 Å². The Morgan fingerprint density at radius 1 is 1.23 bits per heavy atom. The van der Waals surface area contributed by atoms with E-state index in [2.05, 4.69) is 15.0 Å². The zero-order chi connectivity index (χ0) is 15.9. The average Bonchev–Trinajstić information content (AvgIpc) is 3.04. The van der Waals surface area contributed by atoms with Crippen molar-refractivity contribution in [2.45, 2.75) is 6.42 Å². The van der Waals surface area contributed by atoms with E-state index in [1.807, 2.05) is 24.3 Å². The number of thiazole rings is 1. The van der Waals surface area contributed by atoms with Gasteiger partial charge < -0.3 is 14.8 Å². The minimum atomic E-state index is -0.363. The average molecular weight is 320 g/mol. The van der Waals surface area contributed by atoms with Gasteiger partial charge in [-0.15, -0.1) is 11.3 Å². The summed E-state index contributed by atoms with van der Waals surface area (Å²) in [6.45, 7) is 0.223. The van der Waals surface area contributed by atoms with E-state index in [-0.39, 0.29) is 24.8 Å². The van der Waals surface area contributed by atoms with Crippen molar-refractivity contribution in [3.05, 3.63) is 35.3 Å². The molecule has 0 spiro atoms. The third-order valence-corrected chi connectivity index (χ3v) is 3.81. The Hall–Kier alpha value is -2.41. The molecule has 1 aromatic carbocycles. The summed E-state index contributed by atoms with van der Waals surface area (Å²) in [5, 5.41) is 5.07. The molecule has 2 rings (SSSR count). The summed E-state index contributed by atoms with van der Waals surface area (Å²) in [7, 11) is 2.92. The van der Waals surface area contributed by atoms with E-state index in [0.717, 1.165) is 16.3 Å². The molecule has 1 heterocycles. The SMILES string of the molecule is COC(=O)CCNC(=O)c1csc(-c2ccc(OC)cc2)n1. The summed E-state index contributed by atoms with van der Waals surface area (Å²) in [6.07, 6.45) is 0.137. The predicted molar refractivity (Wildman–Crippen MR) is 83.1 cm³/mol. The van der Waals surface area contributed by atoms with Crippen LogP contribution in [-0.4, -0.2) is 37.6 Å². The minimum Gasteiger partial charge on any atom is -0.497 e. The van der Waals surface area contributed by atoms with Gasteiger partial charge in [0.2, 0.25) is 0 Å². The molecule has 0 saturated heterocycles. The summed E-state index contributed by atoms with van der Waals surface area (Å²) >= 11 is 1.38. The van der Waals surface area contributed by atoms with Crippen LogP contribution in [-0.2, 0) is 9.53 Å². The van der Waals surface area contributed by atoms with Crippen LogP contribution < -0.4 is 10.1 Å². The van der Waals surface area contributed by atoms with Gasteiger partial charge in [0.05, 0.1) is 20.6 Å². The number of methoxy groups -OCH3 is 2. The lowest BCUT2D eigenvalue weighted by Crippen LogP contribution is -2.26. The molecule has 0 unspecified atom stereocenters. The molecule has 0 fully saturated rings. The predicted octanol–water partition coefficient (Wildman–Crippen LogP) is 2.11. The zero-order valence-electron chi connectivity index (χ0n) is 12.3. The van der Waals surface area contributed by atoms with Crippen molar-refractivity contribution in [2.75, 3.05) is 20.8 Å². The van der Waals surface area contributed by atoms with E-state index in [1.165, 1.54) is 18.4 Å². The van der Waals surface area contributed by atoms with Crippen LogP contribution in [0, 0.1) is 0 Å². The van der Waals surface area contributed by atoms with Crippen molar-refractivity contribution < 1.29 is 19.1 Å². The van der Waals surface area contributed by atoms with E-state index >= 15 is 0 Å². The number of nitrogens with one attached hydrogen (secondary N) is 1. The van der Waals surface area contributed by atoms with Crippen molar-refractivity contribution >= 4 is 23.2 Å². The summed E-state index contributed by atoms with van der Waals surface area (Å²) in [5.41, 5.74) is 1.25. The maximum absolute atomic E-state index is 11.9. The minimum absolute atomic E-state index is 0.137. The van der Waals surface area contributed by atoms with Gasteiger partial charge in [0.15, 0.2) is 0 Å². The highest BCUT2D eigenvalue weighted by molar-refractivity contribution is 7.13. The van der Waals surface area contributed by atoms with Crippen LogP contribution in [0.5, 0.6) is 5.75 Å². The van der Waals surface area contributed by atoms with Gasteiger partial charge in [-0.25, -0.2) is 4.98 Å². The van der Waals surface area contributed by atoms with Crippen molar-refractivity contribution in [2.24, 2.45) is 0 Å². The highest BCUT2D eigenvalue weighted by atomic mass is 32.1. The van der Waals surface area contributed by atoms with E-state index in [0.29, 0.717) is 5.69 Å². The molecule has 6 nitrogen and oxygen atoms in total. The Bertz CT molecular complexity index is 652. The van der Waals surface area contributed by atoms with Crippen LogP contribution in [0.3, 0.4) is 0 Å². The Morgan fingerprint density at radius 3 is 2.59 bits per heavy atom. The molecule has 0 aliphatic heterocycles. The van der Waals surface area contributed by atoms with Crippen molar-refractivity contribution in [3.63, 3.8) is 0 Å². The van der Waals surface area contributed by atoms with E-state index in [1.54, 1.807) is 12.5 Å². The maximum Gasteiger partial charge on any atom is 0.307 e. The first-order valence-electron chi connectivity index (χ1n) is 6.59. The smallest absolute Gasteiger partial charge is 0.307 e. The van der Waals surface area contributed by atoms with Gasteiger partial charge in [-0.1, -0.05) is 0 Å². The molecule has 0 radical (unpaired) electrons. The van der Waals surface area contributed by atoms with Crippen molar-refractivity contribution in [3.8, 4) is 16.3 Å². The van der Waals surface area contributed by atoms with Gasteiger partial charge >= 0.3 is 5.97 Å². The topological polar surface area (TPSA) is 77.5 Å².